The van der Waals surface area contributed by atoms with E-state index in [9.17, 15) is 4.79 Å². The van der Waals surface area contributed by atoms with Gasteiger partial charge < -0.3 is 5.11 Å². The molecule has 0 aliphatic carbocycles. The van der Waals surface area contributed by atoms with Crippen molar-refractivity contribution in [2.45, 2.75) is 69.5 Å². The highest BCUT2D eigenvalue weighted by atomic mass is 79.9. The van der Waals surface area contributed by atoms with Gasteiger partial charge >= 0.3 is 5.97 Å². The fourth-order valence-corrected chi connectivity index (χ4v) is 2.19. The van der Waals surface area contributed by atoms with Crippen LogP contribution in [0.1, 0.15) is 65.2 Å². The van der Waals surface area contributed by atoms with E-state index in [0.717, 1.165) is 38.5 Å². The van der Waals surface area contributed by atoms with Crippen molar-refractivity contribution in [3.05, 3.63) is 0 Å². The molecule has 0 rings (SSSR count). The summed E-state index contributed by atoms with van der Waals surface area (Å²) in [5.41, 5.74) is 0. The maximum atomic E-state index is 11.1. The minimum absolute atomic E-state index is 0.670. The largest absolute Gasteiger partial charge is 0.480 e. The molecule has 90 valence electrons. The number of rotatable bonds is 9. The maximum Gasteiger partial charge on any atom is 0.320 e. The quantitative estimate of drug-likeness (QED) is 0.503. The number of carbonyl (C=O) groups is 1. The van der Waals surface area contributed by atoms with E-state index in [4.69, 9.17) is 5.11 Å². The molecule has 0 bridgehead atoms. The predicted octanol–water partition coefficient (Wildman–Crippen LogP) is 4.37. The molecule has 0 saturated heterocycles. The van der Waals surface area contributed by atoms with Gasteiger partial charge in [0.25, 0.3) is 0 Å². The number of carboxylic acid groups (broad SMARTS) is 1. The van der Waals surface area contributed by atoms with Gasteiger partial charge in [-0.15, -0.1) is 0 Å². The molecule has 0 saturated carbocycles. The van der Waals surface area contributed by atoms with Crippen LogP contribution in [0.3, 0.4) is 0 Å². The molecule has 0 spiro atoms. The molecule has 0 aromatic heterocycles. The highest BCUT2D eigenvalue weighted by Gasteiger charge is 2.33. The lowest BCUT2D eigenvalue weighted by molar-refractivity contribution is -0.140. The lowest BCUT2D eigenvalue weighted by atomic mass is 9.95. The van der Waals surface area contributed by atoms with Crippen molar-refractivity contribution in [3.63, 3.8) is 0 Å². The summed E-state index contributed by atoms with van der Waals surface area (Å²) < 4.78 is -0.670. The summed E-state index contributed by atoms with van der Waals surface area (Å²) in [4.78, 5) is 11.1. The number of aliphatic carboxylic acids is 1. The van der Waals surface area contributed by atoms with E-state index in [2.05, 4.69) is 29.8 Å². The average molecular weight is 279 g/mol. The van der Waals surface area contributed by atoms with Gasteiger partial charge in [0.1, 0.15) is 4.32 Å². The number of alkyl halides is 1. The standard InChI is InChI=1S/C12H23BrO2/c1-3-5-7-8-10-12(13,11(14)15)9-6-4-2/h3-10H2,1-2H3,(H,14,15). The lowest BCUT2D eigenvalue weighted by Gasteiger charge is -2.22. The Kier molecular flexibility index (Phi) is 8.12. The van der Waals surface area contributed by atoms with E-state index in [-0.39, 0.29) is 0 Å². The van der Waals surface area contributed by atoms with Crippen molar-refractivity contribution in [1.29, 1.82) is 0 Å². The summed E-state index contributed by atoms with van der Waals surface area (Å²) in [6.07, 6.45) is 8.07. The molecule has 0 aromatic rings. The van der Waals surface area contributed by atoms with Crippen LogP contribution in [0.15, 0.2) is 0 Å². The van der Waals surface area contributed by atoms with Gasteiger partial charge in [0.15, 0.2) is 0 Å². The fourth-order valence-electron chi connectivity index (χ4n) is 1.63. The average Bonchev–Trinajstić information content (AvgIpc) is 2.21. The minimum atomic E-state index is -0.701. The van der Waals surface area contributed by atoms with E-state index in [1.165, 1.54) is 12.8 Å². The molecule has 0 fully saturated rings. The van der Waals surface area contributed by atoms with Crippen molar-refractivity contribution < 1.29 is 9.90 Å². The van der Waals surface area contributed by atoms with Gasteiger partial charge in [-0.3, -0.25) is 4.79 Å². The van der Waals surface area contributed by atoms with Crippen LogP contribution in [-0.4, -0.2) is 15.4 Å². The molecule has 1 atom stereocenters. The third-order valence-electron chi connectivity index (χ3n) is 2.74. The van der Waals surface area contributed by atoms with Gasteiger partial charge in [-0.1, -0.05) is 68.3 Å². The molecule has 2 nitrogen and oxygen atoms in total. The van der Waals surface area contributed by atoms with Crippen molar-refractivity contribution >= 4 is 21.9 Å². The number of halogens is 1. The zero-order chi connectivity index (χ0) is 11.7. The lowest BCUT2D eigenvalue weighted by Crippen LogP contribution is -2.31. The smallest absolute Gasteiger partial charge is 0.320 e. The molecule has 1 unspecified atom stereocenters. The first-order valence-electron chi connectivity index (χ1n) is 5.99. The third kappa shape index (κ3) is 6.18. The van der Waals surface area contributed by atoms with Crippen LogP contribution in [0.4, 0.5) is 0 Å². The summed E-state index contributed by atoms with van der Waals surface area (Å²) in [7, 11) is 0. The summed E-state index contributed by atoms with van der Waals surface area (Å²) in [5.74, 6) is -0.701. The molecule has 0 amide bonds. The van der Waals surface area contributed by atoms with Crippen molar-refractivity contribution in [2.24, 2.45) is 0 Å². The van der Waals surface area contributed by atoms with Crippen LogP contribution < -0.4 is 0 Å². The van der Waals surface area contributed by atoms with Crippen LogP contribution >= 0.6 is 15.9 Å². The Balaban J connectivity index is 3.96. The Bertz CT molecular complexity index is 182. The second-order valence-corrected chi connectivity index (χ2v) is 5.70. The van der Waals surface area contributed by atoms with E-state index in [1.54, 1.807) is 0 Å². The molecule has 0 aliphatic rings. The minimum Gasteiger partial charge on any atom is -0.480 e. The molecule has 0 heterocycles. The van der Waals surface area contributed by atoms with Crippen LogP contribution in [0.2, 0.25) is 0 Å². The number of hydrogen-bond donors (Lipinski definition) is 1. The monoisotopic (exact) mass is 278 g/mol. The van der Waals surface area contributed by atoms with E-state index < -0.39 is 10.3 Å². The van der Waals surface area contributed by atoms with Crippen LogP contribution in [0, 0.1) is 0 Å². The highest BCUT2D eigenvalue weighted by Crippen LogP contribution is 2.31. The maximum absolute atomic E-state index is 11.1. The summed E-state index contributed by atoms with van der Waals surface area (Å²) in [6.45, 7) is 4.25. The number of carboxylic acids is 1. The van der Waals surface area contributed by atoms with Crippen molar-refractivity contribution in [2.75, 3.05) is 0 Å². The molecular weight excluding hydrogens is 256 g/mol. The molecule has 0 aromatic carbocycles. The Morgan fingerprint density at radius 2 is 1.60 bits per heavy atom. The van der Waals surface area contributed by atoms with Crippen LogP contribution in [0.5, 0.6) is 0 Å². The second-order valence-electron chi connectivity index (χ2n) is 4.18. The first kappa shape index (κ1) is 14.9. The Hall–Kier alpha value is -0.0500. The SMILES string of the molecule is CCCCCCC(Br)(CCCC)C(=O)O. The fraction of sp³-hybridized carbons (Fsp3) is 0.917. The molecule has 0 radical (unpaired) electrons. The molecule has 3 heteroatoms. The van der Waals surface area contributed by atoms with E-state index in [1.807, 2.05) is 0 Å². The highest BCUT2D eigenvalue weighted by molar-refractivity contribution is 9.10. The van der Waals surface area contributed by atoms with Crippen LogP contribution in [0.25, 0.3) is 0 Å². The number of hydrogen-bond acceptors (Lipinski definition) is 1. The zero-order valence-corrected chi connectivity index (χ0v) is 11.5. The van der Waals surface area contributed by atoms with Gasteiger partial charge in [0.2, 0.25) is 0 Å². The second kappa shape index (κ2) is 8.14. The van der Waals surface area contributed by atoms with Crippen LogP contribution in [-0.2, 0) is 4.79 Å². The van der Waals surface area contributed by atoms with Gasteiger partial charge in [-0.05, 0) is 12.8 Å². The topological polar surface area (TPSA) is 37.3 Å². The van der Waals surface area contributed by atoms with Crippen molar-refractivity contribution in [3.8, 4) is 0 Å². The Morgan fingerprint density at radius 1 is 1.07 bits per heavy atom. The normalized spacial score (nSPS) is 14.9. The Labute approximate surface area is 102 Å². The third-order valence-corrected chi connectivity index (χ3v) is 3.87. The molecule has 1 N–H and O–H groups in total. The van der Waals surface area contributed by atoms with Gasteiger partial charge in [-0.25, -0.2) is 0 Å². The predicted molar refractivity (Wildman–Crippen MR) is 67.6 cm³/mol. The molecular formula is C12H23BrO2. The first-order valence-corrected chi connectivity index (χ1v) is 6.78. The Morgan fingerprint density at radius 3 is 2.07 bits per heavy atom. The number of unbranched alkanes of at least 4 members (excludes halogenated alkanes) is 4. The van der Waals surface area contributed by atoms with Gasteiger partial charge in [0.05, 0.1) is 0 Å². The van der Waals surface area contributed by atoms with Gasteiger partial charge in [-0.2, -0.15) is 0 Å². The van der Waals surface area contributed by atoms with Gasteiger partial charge in [0, 0.05) is 0 Å². The molecule has 15 heavy (non-hydrogen) atoms. The van der Waals surface area contributed by atoms with Crippen molar-refractivity contribution in [1.82, 2.24) is 0 Å². The van der Waals surface area contributed by atoms with E-state index >= 15 is 0 Å². The summed E-state index contributed by atoms with van der Waals surface area (Å²) >= 11 is 3.40. The molecule has 0 aliphatic heterocycles. The zero-order valence-electron chi connectivity index (χ0n) is 9.89. The first-order chi connectivity index (χ1) is 7.06. The summed E-state index contributed by atoms with van der Waals surface area (Å²) in [6, 6.07) is 0. The summed E-state index contributed by atoms with van der Waals surface area (Å²) in [5, 5.41) is 9.17. The van der Waals surface area contributed by atoms with E-state index in [0.29, 0.717) is 0 Å².